The second kappa shape index (κ2) is 17.8. The number of rotatable bonds is 3. The molecule has 2 bridgehead atoms. The average molecular weight is 407 g/mol. The van der Waals surface area contributed by atoms with Gasteiger partial charge in [0.1, 0.15) is 18.5 Å². The van der Waals surface area contributed by atoms with Crippen molar-refractivity contribution in [1.82, 2.24) is 0 Å². The second-order valence-corrected chi connectivity index (χ2v) is 7.17. The third kappa shape index (κ3) is 9.55. The Balaban J connectivity index is 0.000000405. The lowest BCUT2D eigenvalue weighted by Gasteiger charge is -2.23. The van der Waals surface area contributed by atoms with Crippen LogP contribution in [0.5, 0.6) is 5.75 Å². The number of para-hydroxylation sites is 1. The van der Waals surface area contributed by atoms with E-state index in [0.717, 1.165) is 12.4 Å². The number of epoxide rings is 1. The minimum absolute atomic E-state index is 0.343. The Labute approximate surface area is 182 Å². The van der Waals surface area contributed by atoms with Crippen LogP contribution in [-0.4, -0.2) is 19.3 Å². The zero-order valence-electron chi connectivity index (χ0n) is 20.7. The Hall–Kier alpha value is -1.02. The molecule has 3 saturated carbocycles. The normalized spacial score (nSPS) is 28.8. The van der Waals surface area contributed by atoms with E-state index in [-0.39, 0.29) is 0 Å². The van der Waals surface area contributed by atoms with Gasteiger partial charge in [-0.25, -0.2) is 0 Å². The topological polar surface area (TPSA) is 21.8 Å². The standard InChI is InChI=1S/C10H16.C9H10O2.4C2H6/c1-2-9-7-4-5-8(6-7)10(9)3-1;1-2-4-8(5-3-1)10-6-9-7-11-9;4*1-2/h7-10H,1-6H2;1-5,9H,6-7H2;4*1-2H3. The third-order valence-corrected chi connectivity index (χ3v) is 5.93. The maximum atomic E-state index is 5.40. The van der Waals surface area contributed by atoms with Gasteiger partial charge in [-0.05, 0) is 67.9 Å². The maximum Gasteiger partial charge on any atom is 0.119 e. The van der Waals surface area contributed by atoms with Crippen molar-refractivity contribution < 1.29 is 9.47 Å². The number of ether oxygens (including phenoxy) is 2. The number of hydrogen-bond donors (Lipinski definition) is 0. The summed E-state index contributed by atoms with van der Waals surface area (Å²) in [5.41, 5.74) is 0. The summed E-state index contributed by atoms with van der Waals surface area (Å²) in [5.74, 6) is 5.72. The molecule has 1 aliphatic heterocycles. The number of hydrogen-bond acceptors (Lipinski definition) is 2. The fourth-order valence-corrected chi connectivity index (χ4v) is 4.89. The Morgan fingerprint density at radius 2 is 1.24 bits per heavy atom. The summed E-state index contributed by atoms with van der Waals surface area (Å²) in [5, 5.41) is 0. The SMILES string of the molecule is C1CC2C3CCC(C3)C2C1.CC.CC.CC.CC.c1ccc(OCC2CO2)cc1. The summed E-state index contributed by atoms with van der Waals surface area (Å²) >= 11 is 0. The van der Waals surface area contributed by atoms with Crippen molar-refractivity contribution in [3.63, 3.8) is 0 Å². The van der Waals surface area contributed by atoms with Crippen molar-refractivity contribution in [2.24, 2.45) is 23.7 Å². The van der Waals surface area contributed by atoms with Crippen LogP contribution in [0.2, 0.25) is 0 Å². The highest BCUT2D eigenvalue weighted by Crippen LogP contribution is 2.58. The van der Waals surface area contributed by atoms with Crippen LogP contribution in [0.15, 0.2) is 30.3 Å². The molecule has 2 nitrogen and oxygen atoms in total. The lowest BCUT2D eigenvalue weighted by molar-refractivity contribution is 0.259. The van der Waals surface area contributed by atoms with Crippen LogP contribution < -0.4 is 4.74 Å². The zero-order valence-corrected chi connectivity index (χ0v) is 20.7. The number of benzene rings is 1. The van der Waals surface area contributed by atoms with E-state index in [1.165, 1.54) is 23.7 Å². The quantitative estimate of drug-likeness (QED) is 0.470. The molecule has 3 aliphatic carbocycles. The van der Waals surface area contributed by atoms with Gasteiger partial charge in [-0.3, -0.25) is 0 Å². The van der Waals surface area contributed by atoms with Gasteiger partial charge in [0, 0.05) is 0 Å². The fraction of sp³-hybridized carbons (Fsp3) is 0.778. The summed E-state index contributed by atoms with van der Waals surface area (Å²) in [6.45, 7) is 17.5. The Kier molecular flexibility index (Phi) is 17.2. The minimum atomic E-state index is 0.343. The Bertz CT molecular complexity index is 439. The average Bonchev–Trinajstić information content (AvgIpc) is 3.20. The van der Waals surface area contributed by atoms with E-state index in [4.69, 9.17) is 9.47 Å². The van der Waals surface area contributed by atoms with Crippen molar-refractivity contribution in [2.45, 2.75) is 100 Å². The van der Waals surface area contributed by atoms with Gasteiger partial charge < -0.3 is 9.47 Å². The highest BCUT2D eigenvalue weighted by Gasteiger charge is 2.48. The first kappa shape index (κ1) is 28.0. The van der Waals surface area contributed by atoms with Gasteiger partial charge in [-0.2, -0.15) is 0 Å². The molecule has 1 aromatic carbocycles. The van der Waals surface area contributed by atoms with E-state index in [2.05, 4.69) is 0 Å². The smallest absolute Gasteiger partial charge is 0.119 e. The Morgan fingerprint density at radius 1 is 0.759 bits per heavy atom. The van der Waals surface area contributed by atoms with E-state index in [1.807, 2.05) is 85.7 Å². The molecule has 1 saturated heterocycles. The highest BCUT2D eigenvalue weighted by molar-refractivity contribution is 5.20. The molecule has 0 radical (unpaired) electrons. The van der Waals surface area contributed by atoms with Gasteiger partial charge in [0.25, 0.3) is 0 Å². The van der Waals surface area contributed by atoms with E-state index >= 15 is 0 Å². The molecule has 5 atom stereocenters. The molecule has 170 valence electrons. The summed E-state index contributed by atoms with van der Waals surface area (Å²) in [7, 11) is 0. The fourth-order valence-electron chi connectivity index (χ4n) is 4.89. The maximum absolute atomic E-state index is 5.40. The summed E-state index contributed by atoms with van der Waals surface area (Å²) in [6, 6.07) is 9.79. The molecule has 1 aromatic rings. The van der Waals surface area contributed by atoms with Gasteiger partial charge in [0.05, 0.1) is 6.61 Å². The molecule has 4 fully saturated rings. The predicted octanol–water partition coefficient (Wildman–Crippen LogP) is 8.40. The summed E-state index contributed by atoms with van der Waals surface area (Å²) in [4.78, 5) is 0. The monoisotopic (exact) mass is 406 g/mol. The second-order valence-electron chi connectivity index (χ2n) is 7.17. The van der Waals surface area contributed by atoms with E-state index in [9.17, 15) is 0 Å². The molecular weight excluding hydrogens is 356 g/mol. The first-order chi connectivity index (χ1) is 14.4. The van der Waals surface area contributed by atoms with Crippen molar-refractivity contribution in [3.05, 3.63) is 30.3 Å². The largest absolute Gasteiger partial charge is 0.491 e. The van der Waals surface area contributed by atoms with Crippen LogP contribution in [0.1, 0.15) is 93.9 Å². The molecule has 4 aliphatic rings. The molecule has 0 spiro atoms. The highest BCUT2D eigenvalue weighted by atomic mass is 16.6. The molecular formula is C27H50O2. The van der Waals surface area contributed by atoms with Crippen molar-refractivity contribution in [3.8, 4) is 5.75 Å². The first-order valence-electron chi connectivity index (χ1n) is 12.7. The van der Waals surface area contributed by atoms with Gasteiger partial charge in [0.2, 0.25) is 0 Å². The molecule has 0 aromatic heterocycles. The lowest BCUT2D eigenvalue weighted by Crippen LogP contribution is -2.15. The van der Waals surface area contributed by atoms with Crippen LogP contribution in [-0.2, 0) is 4.74 Å². The van der Waals surface area contributed by atoms with Crippen LogP contribution in [0.4, 0.5) is 0 Å². The van der Waals surface area contributed by atoms with E-state index < -0.39 is 0 Å². The van der Waals surface area contributed by atoms with Crippen molar-refractivity contribution in [2.75, 3.05) is 13.2 Å². The van der Waals surface area contributed by atoms with Crippen LogP contribution >= 0.6 is 0 Å². The van der Waals surface area contributed by atoms with Crippen LogP contribution in [0.25, 0.3) is 0 Å². The molecule has 0 amide bonds. The predicted molar refractivity (Wildman–Crippen MR) is 129 cm³/mol. The van der Waals surface area contributed by atoms with Crippen LogP contribution in [0, 0.1) is 23.7 Å². The molecule has 1 heterocycles. The van der Waals surface area contributed by atoms with Gasteiger partial charge in [-0.1, -0.05) is 80.0 Å². The molecule has 0 N–H and O–H groups in total. The minimum Gasteiger partial charge on any atom is -0.491 e. The Morgan fingerprint density at radius 3 is 1.69 bits per heavy atom. The number of fused-ring (bicyclic) bond motifs is 5. The molecule has 2 heteroatoms. The van der Waals surface area contributed by atoms with Gasteiger partial charge in [-0.15, -0.1) is 0 Å². The van der Waals surface area contributed by atoms with Crippen LogP contribution in [0.3, 0.4) is 0 Å². The van der Waals surface area contributed by atoms with Gasteiger partial charge >= 0.3 is 0 Å². The van der Waals surface area contributed by atoms with E-state index in [1.54, 1.807) is 38.5 Å². The third-order valence-electron chi connectivity index (χ3n) is 5.93. The van der Waals surface area contributed by atoms with Crippen molar-refractivity contribution >= 4 is 0 Å². The summed E-state index contributed by atoms with van der Waals surface area (Å²) < 4.78 is 10.4. The first-order valence-corrected chi connectivity index (χ1v) is 12.7. The molecule has 5 unspecified atom stereocenters. The summed E-state index contributed by atoms with van der Waals surface area (Å²) in [6.07, 6.45) is 9.88. The van der Waals surface area contributed by atoms with E-state index in [0.29, 0.717) is 12.7 Å². The molecule has 5 rings (SSSR count). The lowest BCUT2D eigenvalue weighted by atomic mass is 9.82. The van der Waals surface area contributed by atoms with Gasteiger partial charge in [0.15, 0.2) is 0 Å². The van der Waals surface area contributed by atoms with Crippen molar-refractivity contribution in [1.29, 1.82) is 0 Å². The molecule has 29 heavy (non-hydrogen) atoms. The zero-order chi connectivity index (χ0) is 22.1.